The number of carbonyl (C=O) groups is 1. The first-order valence-corrected chi connectivity index (χ1v) is 9.53. The van der Waals surface area contributed by atoms with Gasteiger partial charge in [0.2, 0.25) is 10.0 Å². The van der Waals surface area contributed by atoms with Crippen LogP contribution in [0, 0.1) is 0 Å². The number of benzene rings is 2. The Hall–Kier alpha value is -2.09. The van der Waals surface area contributed by atoms with Crippen LogP contribution in [0.3, 0.4) is 0 Å². The molecule has 0 radical (unpaired) electrons. The molecule has 1 saturated carbocycles. The number of ether oxygens (including phenoxy) is 1. The van der Waals surface area contributed by atoms with Crippen LogP contribution in [0.1, 0.15) is 23.2 Å². The van der Waals surface area contributed by atoms with Crippen LogP contribution in [0.2, 0.25) is 5.02 Å². The molecule has 0 saturated heterocycles. The number of carbonyl (C=O) groups excluding carboxylic acids is 1. The molecule has 0 bridgehead atoms. The van der Waals surface area contributed by atoms with Gasteiger partial charge in [-0.2, -0.15) is 0 Å². The zero-order chi connectivity index (χ0) is 18.0. The van der Waals surface area contributed by atoms with E-state index in [1.165, 1.54) is 25.3 Å². The van der Waals surface area contributed by atoms with Crippen molar-refractivity contribution >= 4 is 33.2 Å². The molecular weight excluding hydrogens is 364 g/mol. The van der Waals surface area contributed by atoms with Gasteiger partial charge >= 0.3 is 0 Å². The van der Waals surface area contributed by atoms with Gasteiger partial charge in [-0.25, -0.2) is 13.1 Å². The highest BCUT2D eigenvalue weighted by molar-refractivity contribution is 7.89. The minimum Gasteiger partial charge on any atom is -0.495 e. The van der Waals surface area contributed by atoms with Crippen molar-refractivity contribution in [2.45, 2.75) is 23.8 Å². The Labute approximate surface area is 151 Å². The Morgan fingerprint density at radius 3 is 2.60 bits per heavy atom. The second-order valence-electron chi connectivity index (χ2n) is 5.70. The van der Waals surface area contributed by atoms with Crippen molar-refractivity contribution in [2.75, 3.05) is 12.4 Å². The Morgan fingerprint density at radius 2 is 1.92 bits per heavy atom. The molecule has 0 heterocycles. The molecule has 2 N–H and O–H groups in total. The molecule has 1 aliphatic rings. The summed E-state index contributed by atoms with van der Waals surface area (Å²) in [6, 6.07) is 11.1. The molecule has 1 amide bonds. The Kier molecular flexibility index (Phi) is 4.99. The maximum Gasteiger partial charge on any atom is 0.255 e. The van der Waals surface area contributed by atoms with Gasteiger partial charge < -0.3 is 10.1 Å². The van der Waals surface area contributed by atoms with E-state index >= 15 is 0 Å². The van der Waals surface area contributed by atoms with Crippen LogP contribution < -0.4 is 14.8 Å². The van der Waals surface area contributed by atoms with Gasteiger partial charge in [0.1, 0.15) is 10.6 Å². The number of halogens is 1. The number of hydrogen-bond acceptors (Lipinski definition) is 4. The summed E-state index contributed by atoms with van der Waals surface area (Å²) in [4.78, 5) is 12.4. The molecule has 6 nitrogen and oxygen atoms in total. The van der Waals surface area contributed by atoms with Crippen LogP contribution in [0.15, 0.2) is 47.4 Å². The number of amides is 1. The molecule has 1 fully saturated rings. The molecule has 3 rings (SSSR count). The zero-order valence-electron chi connectivity index (χ0n) is 13.5. The summed E-state index contributed by atoms with van der Waals surface area (Å²) in [5, 5.41) is 2.78. The van der Waals surface area contributed by atoms with E-state index in [-0.39, 0.29) is 21.5 Å². The van der Waals surface area contributed by atoms with Crippen LogP contribution in [0.4, 0.5) is 5.69 Å². The number of hydrogen-bond donors (Lipinski definition) is 2. The summed E-state index contributed by atoms with van der Waals surface area (Å²) in [5.41, 5.74) is 0.678. The maximum atomic E-state index is 12.5. The van der Waals surface area contributed by atoms with Crippen molar-refractivity contribution in [1.29, 1.82) is 0 Å². The molecule has 0 aromatic heterocycles. The normalized spacial score (nSPS) is 14.2. The lowest BCUT2D eigenvalue weighted by Crippen LogP contribution is -2.26. The van der Waals surface area contributed by atoms with E-state index in [1.54, 1.807) is 24.3 Å². The highest BCUT2D eigenvalue weighted by Crippen LogP contribution is 2.28. The van der Waals surface area contributed by atoms with Gasteiger partial charge in [-0.05, 0) is 43.2 Å². The third-order valence-electron chi connectivity index (χ3n) is 3.74. The average Bonchev–Trinajstić information content (AvgIpc) is 3.38. The van der Waals surface area contributed by atoms with E-state index in [0.717, 1.165) is 12.8 Å². The predicted octanol–water partition coefficient (Wildman–Crippen LogP) is 3.04. The highest BCUT2D eigenvalue weighted by atomic mass is 35.5. The standard InChI is InChI=1S/C17H17ClN2O4S/c1-24-15-5-3-2-4-14(15)19-17(21)11-6-9-13(18)16(10-11)25(22,23)20-12-7-8-12/h2-6,9-10,12,20H,7-8H2,1H3,(H,19,21). The fourth-order valence-electron chi connectivity index (χ4n) is 2.28. The van der Waals surface area contributed by atoms with Gasteiger partial charge in [0.05, 0.1) is 17.8 Å². The summed E-state index contributed by atoms with van der Waals surface area (Å²) in [5.74, 6) is 0.0529. The van der Waals surface area contributed by atoms with Crippen molar-refractivity contribution in [3.63, 3.8) is 0 Å². The molecule has 0 aliphatic heterocycles. The minimum atomic E-state index is -3.76. The molecular formula is C17H17ClN2O4S. The summed E-state index contributed by atoms with van der Waals surface area (Å²) in [6.07, 6.45) is 1.62. The fourth-order valence-corrected chi connectivity index (χ4v) is 4.11. The number of anilines is 1. The Bertz CT molecular complexity index is 911. The first-order valence-electron chi connectivity index (χ1n) is 7.67. The number of rotatable bonds is 6. The topological polar surface area (TPSA) is 84.5 Å². The first-order chi connectivity index (χ1) is 11.9. The van der Waals surface area contributed by atoms with E-state index in [1.807, 2.05) is 0 Å². The van der Waals surface area contributed by atoms with Crippen molar-refractivity contribution in [2.24, 2.45) is 0 Å². The van der Waals surface area contributed by atoms with E-state index in [2.05, 4.69) is 10.0 Å². The molecule has 1 aliphatic carbocycles. The van der Waals surface area contributed by atoms with Gasteiger partial charge in [0, 0.05) is 11.6 Å². The number of methoxy groups -OCH3 is 1. The zero-order valence-corrected chi connectivity index (χ0v) is 15.0. The van der Waals surface area contributed by atoms with Crippen LogP contribution >= 0.6 is 11.6 Å². The number of nitrogens with one attached hydrogen (secondary N) is 2. The van der Waals surface area contributed by atoms with Crippen LogP contribution in [-0.2, 0) is 10.0 Å². The molecule has 132 valence electrons. The van der Waals surface area contributed by atoms with Crippen molar-refractivity contribution in [3.05, 3.63) is 53.1 Å². The maximum absolute atomic E-state index is 12.5. The molecule has 2 aromatic carbocycles. The summed E-state index contributed by atoms with van der Waals surface area (Å²) in [6.45, 7) is 0. The van der Waals surface area contributed by atoms with Gasteiger partial charge in [-0.3, -0.25) is 4.79 Å². The fraction of sp³-hybridized carbons (Fsp3) is 0.235. The quantitative estimate of drug-likeness (QED) is 0.806. The van der Waals surface area contributed by atoms with Crippen LogP contribution in [0.5, 0.6) is 5.75 Å². The second-order valence-corrected chi connectivity index (χ2v) is 7.78. The molecule has 2 aromatic rings. The highest BCUT2D eigenvalue weighted by Gasteiger charge is 2.29. The van der Waals surface area contributed by atoms with Crippen molar-refractivity contribution in [1.82, 2.24) is 4.72 Å². The van der Waals surface area contributed by atoms with E-state index in [9.17, 15) is 13.2 Å². The van der Waals surface area contributed by atoms with Gasteiger partial charge in [-0.15, -0.1) is 0 Å². The van der Waals surface area contributed by atoms with E-state index in [4.69, 9.17) is 16.3 Å². The van der Waals surface area contributed by atoms with Crippen molar-refractivity contribution < 1.29 is 17.9 Å². The first kappa shape index (κ1) is 17.7. The third kappa shape index (κ3) is 4.12. The third-order valence-corrected chi connectivity index (χ3v) is 5.74. The van der Waals surface area contributed by atoms with E-state index in [0.29, 0.717) is 11.4 Å². The lowest BCUT2D eigenvalue weighted by atomic mass is 10.2. The SMILES string of the molecule is COc1ccccc1NC(=O)c1ccc(Cl)c(S(=O)(=O)NC2CC2)c1. The lowest BCUT2D eigenvalue weighted by Gasteiger charge is -2.12. The largest absolute Gasteiger partial charge is 0.495 e. The van der Waals surface area contributed by atoms with Gasteiger partial charge in [-0.1, -0.05) is 23.7 Å². The monoisotopic (exact) mass is 380 g/mol. The molecule has 25 heavy (non-hydrogen) atoms. The van der Waals surface area contributed by atoms with E-state index < -0.39 is 15.9 Å². The molecule has 0 spiro atoms. The average molecular weight is 381 g/mol. The minimum absolute atomic E-state index is 0.0490. The molecule has 0 atom stereocenters. The smallest absolute Gasteiger partial charge is 0.255 e. The van der Waals surface area contributed by atoms with Crippen LogP contribution in [0.25, 0.3) is 0 Å². The Balaban J connectivity index is 1.87. The number of para-hydroxylation sites is 2. The lowest BCUT2D eigenvalue weighted by molar-refractivity contribution is 0.102. The van der Waals surface area contributed by atoms with Gasteiger partial charge in [0.25, 0.3) is 5.91 Å². The molecule has 8 heteroatoms. The second kappa shape index (κ2) is 7.03. The van der Waals surface area contributed by atoms with Crippen LogP contribution in [-0.4, -0.2) is 27.5 Å². The Morgan fingerprint density at radius 1 is 1.20 bits per heavy atom. The summed E-state index contributed by atoms with van der Waals surface area (Å²) in [7, 11) is -2.25. The predicted molar refractivity (Wildman–Crippen MR) is 95.7 cm³/mol. The van der Waals surface area contributed by atoms with Gasteiger partial charge in [0.15, 0.2) is 0 Å². The summed E-state index contributed by atoms with van der Waals surface area (Å²) >= 11 is 6.03. The molecule has 0 unspecified atom stereocenters. The van der Waals surface area contributed by atoms with Crippen molar-refractivity contribution in [3.8, 4) is 5.75 Å². The number of sulfonamides is 1. The summed E-state index contributed by atoms with van der Waals surface area (Å²) < 4.78 is 32.5.